The summed E-state index contributed by atoms with van der Waals surface area (Å²) in [4.78, 5) is 26.2. The van der Waals surface area contributed by atoms with Crippen LogP contribution in [0.15, 0.2) is 48.5 Å². The third kappa shape index (κ3) is 8.56. The van der Waals surface area contributed by atoms with Crippen molar-refractivity contribution < 1.29 is 24.6 Å². The Morgan fingerprint density at radius 3 is 2.34 bits per heavy atom. The highest BCUT2D eigenvalue weighted by atomic mass is 16.5. The number of benzene rings is 2. The van der Waals surface area contributed by atoms with E-state index in [1.807, 2.05) is 12.1 Å². The molecular formula is C27H31N3O5. The molecule has 2 amide bonds. The Kier molecular flexibility index (Phi) is 11.0. The number of rotatable bonds is 6. The second kappa shape index (κ2) is 13.9. The molecule has 2 aromatic carbocycles. The standard InChI is InChI=1S/C26H27N3O5.CH4/c1-19(30)24(26(32)28-33)27-25(31)23-11-9-20(10-12-23)5-2-3-6-21-7-4-8-22(17-21)18-29-13-15-34-16-14-29;/h4,7-12,17,19,24,30,33H,13-16,18H2,1H3,(H,27,31)(H,28,32);1H4/t19?,24-;/m0./s1. The Morgan fingerprint density at radius 2 is 1.71 bits per heavy atom. The van der Waals surface area contributed by atoms with Crippen LogP contribution in [0.3, 0.4) is 0 Å². The number of morpholine rings is 1. The van der Waals surface area contributed by atoms with Crippen LogP contribution in [0.4, 0.5) is 0 Å². The Morgan fingerprint density at radius 1 is 1.06 bits per heavy atom. The number of nitrogens with zero attached hydrogens (tertiary/aromatic N) is 1. The zero-order valence-electron chi connectivity index (χ0n) is 18.9. The van der Waals surface area contributed by atoms with Crippen LogP contribution >= 0.6 is 0 Å². The van der Waals surface area contributed by atoms with Crippen molar-refractivity contribution in [2.75, 3.05) is 26.3 Å². The van der Waals surface area contributed by atoms with Gasteiger partial charge in [-0.1, -0.05) is 31.4 Å². The lowest BCUT2D eigenvalue weighted by molar-refractivity contribution is -0.133. The first-order chi connectivity index (χ1) is 16.5. The highest BCUT2D eigenvalue weighted by molar-refractivity contribution is 5.97. The molecule has 1 fully saturated rings. The number of ether oxygens (including phenoxy) is 1. The lowest BCUT2D eigenvalue weighted by Gasteiger charge is -2.26. The van der Waals surface area contributed by atoms with Gasteiger partial charge in [-0.25, -0.2) is 5.48 Å². The second-order valence-electron chi connectivity index (χ2n) is 7.83. The van der Waals surface area contributed by atoms with Gasteiger partial charge in [-0.3, -0.25) is 19.7 Å². The largest absolute Gasteiger partial charge is 0.391 e. The Bertz CT molecular complexity index is 1120. The molecule has 184 valence electrons. The maximum Gasteiger partial charge on any atom is 0.268 e. The highest BCUT2D eigenvalue weighted by Gasteiger charge is 2.25. The first-order valence-corrected chi connectivity index (χ1v) is 10.9. The molecule has 1 saturated heterocycles. The molecule has 0 bridgehead atoms. The number of aliphatic hydroxyl groups excluding tert-OH is 1. The van der Waals surface area contributed by atoms with E-state index in [9.17, 15) is 14.7 Å². The van der Waals surface area contributed by atoms with Crippen LogP contribution in [0.5, 0.6) is 0 Å². The predicted octanol–water partition coefficient (Wildman–Crippen LogP) is 1.54. The van der Waals surface area contributed by atoms with Gasteiger partial charge in [0, 0.05) is 36.3 Å². The number of amides is 2. The maximum absolute atomic E-state index is 12.3. The summed E-state index contributed by atoms with van der Waals surface area (Å²) in [5, 5.41) is 20.7. The van der Waals surface area contributed by atoms with Crippen LogP contribution in [0.1, 0.15) is 41.4 Å². The van der Waals surface area contributed by atoms with Crippen LogP contribution in [0.2, 0.25) is 0 Å². The minimum absolute atomic E-state index is 0. The van der Waals surface area contributed by atoms with E-state index < -0.39 is 24.0 Å². The molecule has 8 heteroatoms. The number of hydrogen-bond acceptors (Lipinski definition) is 6. The molecule has 0 spiro atoms. The number of aliphatic hydroxyl groups is 1. The van der Waals surface area contributed by atoms with Gasteiger partial charge in [0.1, 0.15) is 6.04 Å². The van der Waals surface area contributed by atoms with Gasteiger partial charge in [0.2, 0.25) is 0 Å². The molecule has 0 aromatic heterocycles. The summed E-state index contributed by atoms with van der Waals surface area (Å²) < 4.78 is 5.39. The highest BCUT2D eigenvalue weighted by Crippen LogP contribution is 2.09. The quantitative estimate of drug-likeness (QED) is 0.285. The van der Waals surface area contributed by atoms with E-state index in [4.69, 9.17) is 9.94 Å². The summed E-state index contributed by atoms with van der Waals surface area (Å²) in [6.07, 6.45) is -1.18. The molecule has 1 aliphatic rings. The van der Waals surface area contributed by atoms with Gasteiger partial charge in [-0.05, 0) is 60.7 Å². The average Bonchev–Trinajstić information content (AvgIpc) is 2.85. The van der Waals surface area contributed by atoms with Crippen molar-refractivity contribution in [1.29, 1.82) is 0 Å². The molecule has 8 nitrogen and oxygen atoms in total. The van der Waals surface area contributed by atoms with Gasteiger partial charge in [0.25, 0.3) is 11.8 Å². The van der Waals surface area contributed by atoms with Crippen LogP contribution in [0.25, 0.3) is 0 Å². The number of carbonyl (C=O) groups is 2. The Balaban J connectivity index is 0.00000432. The normalized spacial score (nSPS) is 14.6. The summed E-state index contributed by atoms with van der Waals surface area (Å²) in [6.45, 7) is 5.60. The summed E-state index contributed by atoms with van der Waals surface area (Å²) >= 11 is 0. The van der Waals surface area contributed by atoms with Crippen molar-refractivity contribution in [1.82, 2.24) is 15.7 Å². The maximum atomic E-state index is 12.3. The summed E-state index contributed by atoms with van der Waals surface area (Å²) in [6, 6.07) is 13.2. The molecule has 2 aromatic rings. The fourth-order valence-corrected chi connectivity index (χ4v) is 3.38. The van der Waals surface area contributed by atoms with E-state index in [0.717, 1.165) is 38.4 Å². The molecular weight excluding hydrogens is 446 g/mol. The van der Waals surface area contributed by atoms with E-state index in [1.165, 1.54) is 18.0 Å². The van der Waals surface area contributed by atoms with E-state index in [0.29, 0.717) is 5.56 Å². The number of nitrogens with one attached hydrogen (secondary N) is 2. The van der Waals surface area contributed by atoms with Gasteiger partial charge in [0.05, 0.1) is 19.3 Å². The molecule has 1 heterocycles. The Labute approximate surface area is 206 Å². The van der Waals surface area contributed by atoms with E-state index >= 15 is 0 Å². The number of hydroxylamine groups is 1. The summed E-state index contributed by atoms with van der Waals surface area (Å²) in [5.41, 5.74) is 4.47. The molecule has 0 radical (unpaired) electrons. The molecule has 1 unspecified atom stereocenters. The van der Waals surface area contributed by atoms with Crippen molar-refractivity contribution in [2.24, 2.45) is 0 Å². The van der Waals surface area contributed by atoms with Crippen molar-refractivity contribution in [3.05, 3.63) is 70.8 Å². The average molecular weight is 478 g/mol. The van der Waals surface area contributed by atoms with Crippen LogP contribution in [-0.4, -0.2) is 65.5 Å². The second-order valence-corrected chi connectivity index (χ2v) is 7.83. The zero-order valence-corrected chi connectivity index (χ0v) is 18.9. The van der Waals surface area contributed by atoms with Crippen LogP contribution in [-0.2, 0) is 16.1 Å². The number of carbonyl (C=O) groups excluding carboxylic acids is 2. The molecule has 3 rings (SSSR count). The first kappa shape index (κ1) is 27.6. The summed E-state index contributed by atoms with van der Waals surface area (Å²) in [7, 11) is 0. The van der Waals surface area contributed by atoms with Gasteiger partial charge < -0.3 is 15.2 Å². The van der Waals surface area contributed by atoms with Crippen molar-refractivity contribution >= 4 is 11.8 Å². The molecule has 1 aliphatic heterocycles. The van der Waals surface area contributed by atoms with Crippen molar-refractivity contribution in [2.45, 2.75) is 33.0 Å². The van der Waals surface area contributed by atoms with E-state index in [1.54, 1.807) is 24.3 Å². The Hall–Kier alpha value is -3.66. The van der Waals surface area contributed by atoms with Crippen LogP contribution < -0.4 is 10.8 Å². The molecule has 2 atom stereocenters. The third-order valence-corrected chi connectivity index (χ3v) is 5.22. The van der Waals surface area contributed by atoms with Crippen molar-refractivity contribution in [3.63, 3.8) is 0 Å². The minimum Gasteiger partial charge on any atom is -0.391 e. The third-order valence-electron chi connectivity index (χ3n) is 5.22. The van der Waals surface area contributed by atoms with Gasteiger partial charge >= 0.3 is 0 Å². The lowest BCUT2D eigenvalue weighted by atomic mass is 10.1. The van der Waals surface area contributed by atoms with Crippen molar-refractivity contribution in [3.8, 4) is 23.7 Å². The first-order valence-electron chi connectivity index (χ1n) is 10.9. The number of hydrogen-bond donors (Lipinski definition) is 4. The fraction of sp³-hybridized carbons (Fsp3) is 0.333. The van der Waals surface area contributed by atoms with E-state index in [-0.39, 0.29) is 13.0 Å². The van der Waals surface area contributed by atoms with Gasteiger partial charge in [0.15, 0.2) is 0 Å². The topological polar surface area (TPSA) is 111 Å². The smallest absolute Gasteiger partial charge is 0.268 e. The zero-order chi connectivity index (χ0) is 24.3. The van der Waals surface area contributed by atoms with Gasteiger partial charge in [-0.2, -0.15) is 0 Å². The molecule has 0 aliphatic carbocycles. The lowest BCUT2D eigenvalue weighted by Crippen LogP contribution is -2.51. The molecule has 35 heavy (non-hydrogen) atoms. The van der Waals surface area contributed by atoms with Crippen LogP contribution in [0, 0.1) is 23.7 Å². The fourth-order valence-electron chi connectivity index (χ4n) is 3.38. The summed E-state index contributed by atoms with van der Waals surface area (Å²) in [5.74, 6) is 10.2. The molecule has 4 N–H and O–H groups in total. The minimum atomic E-state index is -1.28. The monoisotopic (exact) mass is 477 g/mol. The van der Waals surface area contributed by atoms with Gasteiger partial charge in [-0.15, -0.1) is 0 Å². The van der Waals surface area contributed by atoms with E-state index in [2.05, 4.69) is 46.0 Å². The SMILES string of the molecule is C.CC(O)[C@H](NC(=O)c1ccc(C#CC#Cc2cccc(CN3CCOCC3)c2)cc1)C(=O)NO. The predicted molar refractivity (Wildman–Crippen MR) is 132 cm³/mol. The molecule has 0 saturated carbocycles.